The Morgan fingerprint density at radius 3 is 2.04 bits per heavy atom. The van der Waals surface area contributed by atoms with Crippen LogP contribution in [0, 0.1) is 5.92 Å². The molecule has 0 unspecified atom stereocenters. The summed E-state index contributed by atoms with van der Waals surface area (Å²) >= 11 is 0. The van der Waals surface area contributed by atoms with Gasteiger partial charge in [-0.25, -0.2) is 0 Å². The second-order valence-corrected chi connectivity index (χ2v) is 6.93. The molecule has 1 amide bonds. The Hall–Kier alpha value is -1.31. The lowest BCUT2D eigenvalue weighted by Crippen LogP contribution is -2.25. The van der Waals surface area contributed by atoms with Crippen molar-refractivity contribution in [2.24, 2.45) is 5.92 Å². The van der Waals surface area contributed by atoms with Crippen LogP contribution < -0.4 is 5.32 Å². The number of carbonyl (C=O) groups is 1. The minimum Gasteiger partial charge on any atom is -0.352 e. The Morgan fingerprint density at radius 2 is 1.42 bits per heavy atom. The Bertz CT molecular complexity index is 366. The van der Waals surface area contributed by atoms with Crippen LogP contribution in [0.3, 0.4) is 0 Å². The monoisotopic (exact) mass is 333 g/mol. The van der Waals surface area contributed by atoms with E-state index in [0.717, 1.165) is 13.0 Å². The normalized spacial score (nSPS) is 12.2. The van der Waals surface area contributed by atoms with Crippen molar-refractivity contribution < 1.29 is 4.79 Å². The van der Waals surface area contributed by atoms with E-state index in [2.05, 4.69) is 38.2 Å². The molecule has 0 aromatic rings. The zero-order valence-electron chi connectivity index (χ0n) is 16.2. The van der Waals surface area contributed by atoms with E-state index < -0.39 is 0 Å². The van der Waals surface area contributed by atoms with E-state index in [0.29, 0.717) is 5.92 Å². The van der Waals surface area contributed by atoms with Gasteiger partial charge in [0.1, 0.15) is 0 Å². The maximum absolute atomic E-state index is 11.4. The number of allylic oxidation sites excluding steroid dienone is 5. The van der Waals surface area contributed by atoms with Gasteiger partial charge in [-0.05, 0) is 18.8 Å². The second-order valence-electron chi connectivity index (χ2n) is 6.93. The molecule has 0 spiro atoms. The standard InChI is InChI=1S/C22H39NO/c1-4-5-6-7-8-9-10-11-12-13-14-15-16-17-18-19-22(24)23-20-21(2)3/h14-19,21H,4-13,20H2,1-3H3,(H,23,24)/b15-14+,17-16+,19-18+. The third-order valence-electron chi connectivity index (χ3n) is 3.88. The molecule has 0 radical (unpaired) electrons. The van der Waals surface area contributed by atoms with Crippen LogP contribution in [0.1, 0.15) is 85.0 Å². The molecule has 0 heterocycles. The average Bonchev–Trinajstić information content (AvgIpc) is 2.56. The Labute approximate surface area is 150 Å². The van der Waals surface area contributed by atoms with E-state index in [9.17, 15) is 4.79 Å². The molecule has 0 rings (SSSR count). The Morgan fingerprint density at radius 1 is 0.833 bits per heavy atom. The van der Waals surface area contributed by atoms with Crippen molar-refractivity contribution in [3.05, 3.63) is 36.5 Å². The van der Waals surface area contributed by atoms with Crippen LogP contribution in [0.4, 0.5) is 0 Å². The van der Waals surface area contributed by atoms with Crippen molar-refractivity contribution in [3.8, 4) is 0 Å². The minimum atomic E-state index is -0.0213. The molecule has 2 heteroatoms. The van der Waals surface area contributed by atoms with E-state index in [-0.39, 0.29) is 5.91 Å². The molecule has 0 bridgehead atoms. The Kier molecular flexibility index (Phi) is 17.1. The number of nitrogens with one attached hydrogen (secondary N) is 1. The molecule has 0 saturated carbocycles. The number of amides is 1. The van der Waals surface area contributed by atoms with Crippen LogP contribution in [0.5, 0.6) is 0 Å². The lowest BCUT2D eigenvalue weighted by Gasteiger charge is -2.03. The van der Waals surface area contributed by atoms with Gasteiger partial charge in [-0.2, -0.15) is 0 Å². The van der Waals surface area contributed by atoms with Crippen LogP contribution in [-0.2, 0) is 4.79 Å². The fourth-order valence-electron chi connectivity index (χ4n) is 2.38. The smallest absolute Gasteiger partial charge is 0.243 e. The predicted molar refractivity (Wildman–Crippen MR) is 107 cm³/mol. The lowest BCUT2D eigenvalue weighted by atomic mass is 10.1. The van der Waals surface area contributed by atoms with Crippen LogP contribution in [0.15, 0.2) is 36.5 Å². The quantitative estimate of drug-likeness (QED) is 0.211. The number of carbonyl (C=O) groups excluding carboxylic acids is 1. The summed E-state index contributed by atoms with van der Waals surface area (Å²) in [5, 5.41) is 2.85. The molecule has 0 aliphatic carbocycles. The van der Waals surface area contributed by atoms with Gasteiger partial charge >= 0.3 is 0 Å². The van der Waals surface area contributed by atoms with E-state index in [4.69, 9.17) is 0 Å². The van der Waals surface area contributed by atoms with Crippen molar-refractivity contribution >= 4 is 5.91 Å². The van der Waals surface area contributed by atoms with Crippen molar-refractivity contribution in [1.29, 1.82) is 0 Å². The molecular formula is C22H39NO. The SMILES string of the molecule is CCCCCCCCCCC/C=C/C=C/C=C/C(=O)NCC(C)C. The fourth-order valence-corrected chi connectivity index (χ4v) is 2.38. The van der Waals surface area contributed by atoms with Crippen LogP contribution in [0.2, 0.25) is 0 Å². The fraction of sp³-hybridized carbons (Fsp3) is 0.682. The van der Waals surface area contributed by atoms with E-state index in [1.165, 1.54) is 57.8 Å². The summed E-state index contributed by atoms with van der Waals surface area (Å²) < 4.78 is 0. The molecule has 0 aromatic carbocycles. The second kappa shape index (κ2) is 18.0. The first kappa shape index (κ1) is 22.7. The number of hydrogen-bond acceptors (Lipinski definition) is 1. The molecule has 2 nitrogen and oxygen atoms in total. The van der Waals surface area contributed by atoms with Crippen molar-refractivity contribution in [2.75, 3.05) is 6.54 Å². The summed E-state index contributed by atoms with van der Waals surface area (Å²) in [6, 6.07) is 0. The lowest BCUT2D eigenvalue weighted by molar-refractivity contribution is -0.116. The first-order valence-corrected chi connectivity index (χ1v) is 9.94. The summed E-state index contributed by atoms with van der Waals surface area (Å²) in [5.41, 5.74) is 0. The summed E-state index contributed by atoms with van der Waals surface area (Å²) in [7, 11) is 0. The van der Waals surface area contributed by atoms with Gasteiger partial charge in [0, 0.05) is 12.6 Å². The largest absolute Gasteiger partial charge is 0.352 e. The molecule has 0 aromatic heterocycles. The molecule has 0 aliphatic rings. The van der Waals surface area contributed by atoms with E-state index >= 15 is 0 Å². The molecule has 138 valence electrons. The maximum Gasteiger partial charge on any atom is 0.243 e. The van der Waals surface area contributed by atoms with Crippen LogP contribution >= 0.6 is 0 Å². The molecule has 0 fully saturated rings. The highest BCUT2D eigenvalue weighted by molar-refractivity contribution is 5.87. The van der Waals surface area contributed by atoms with Crippen LogP contribution in [0.25, 0.3) is 0 Å². The Balaban J connectivity index is 3.43. The average molecular weight is 334 g/mol. The van der Waals surface area contributed by atoms with Gasteiger partial charge in [0.2, 0.25) is 5.91 Å². The molecule has 0 saturated heterocycles. The molecular weight excluding hydrogens is 294 g/mol. The predicted octanol–water partition coefficient (Wildman–Crippen LogP) is 6.35. The van der Waals surface area contributed by atoms with Crippen LogP contribution in [-0.4, -0.2) is 12.5 Å². The summed E-state index contributed by atoms with van der Waals surface area (Å²) in [6.45, 7) is 7.17. The van der Waals surface area contributed by atoms with Crippen molar-refractivity contribution in [2.45, 2.75) is 85.0 Å². The van der Waals surface area contributed by atoms with Crippen molar-refractivity contribution in [1.82, 2.24) is 5.32 Å². The third kappa shape index (κ3) is 18.7. The zero-order chi connectivity index (χ0) is 17.9. The highest BCUT2D eigenvalue weighted by Gasteiger charge is 1.95. The number of rotatable bonds is 15. The number of hydrogen-bond donors (Lipinski definition) is 1. The third-order valence-corrected chi connectivity index (χ3v) is 3.88. The maximum atomic E-state index is 11.4. The zero-order valence-corrected chi connectivity index (χ0v) is 16.2. The summed E-state index contributed by atoms with van der Waals surface area (Å²) in [4.78, 5) is 11.4. The van der Waals surface area contributed by atoms with E-state index in [1.54, 1.807) is 12.2 Å². The molecule has 1 N–H and O–H groups in total. The van der Waals surface area contributed by atoms with E-state index in [1.807, 2.05) is 12.2 Å². The molecule has 0 atom stereocenters. The van der Waals surface area contributed by atoms with Gasteiger partial charge in [-0.1, -0.05) is 103 Å². The molecule has 24 heavy (non-hydrogen) atoms. The van der Waals surface area contributed by atoms with Gasteiger partial charge in [-0.15, -0.1) is 0 Å². The summed E-state index contributed by atoms with van der Waals surface area (Å²) in [5.74, 6) is 0.467. The van der Waals surface area contributed by atoms with Gasteiger partial charge in [0.25, 0.3) is 0 Å². The minimum absolute atomic E-state index is 0.0213. The van der Waals surface area contributed by atoms with Gasteiger partial charge < -0.3 is 5.32 Å². The first-order chi connectivity index (χ1) is 11.7. The highest BCUT2D eigenvalue weighted by Crippen LogP contribution is 2.10. The topological polar surface area (TPSA) is 29.1 Å². The van der Waals surface area contributed by atoms with Gasteiger partial charge in [0.15, 0.2) is 0 Å². The first-order valence-electron chi connectivity index (χ1n) is 9.94. The summed E-state index contributed by atoms with van der Waals surface area (Å²) in [6.07, 6.45) is 25.1. The molecule has 0 aliphatic heterocycles. The highest BCUT2D eigenvalue weighted by atomic mass is 16.1. The van der Waals surface area contributed by atoms with Crippen molar-refractivity contribution in [3.63, 3.8) is 0 Å². The van der Waals surface area contributed by atoms with Gasteiger partial charge in [-0.3, -0.25) is 4.79 Å². The van der Waals surface area contributed by atoms with Gasteiger partial charge in [0.05, 0.1) is 0 Å². The number of unbranched alkanes of at least 4 members (excludes halogenated alkanes) is 9.